The number of ether oxygens (including phenoxy) is 1. The fourth-order valence-corrected chi connectivity index (χ4v) is 3.74. The molecule has 1 saturated heterocycles. The Hall–Kier alpha value is -2.43. The van der Waals surface area contributed by atoms with Crippen molar-refractivity contribution in [2.45, 2.75) is 33.2 Å². The van der Waals surface area contributed by atoms with Gasteiger partial charge in [-0.05, 0) is 30.5 Å². The first-order valence-electron chi connectivity index (χ1n) is 10.2. The minimum atomic E-state index is -0.0105. The number of hydrogen-bond donors (Lipinski definition) is 1. The fourth-order valence-electron chi connectivity index (χ4n) is 3.74. The maximum atomic E-state index is 11.1. The molecule has 1 aromatic heterocycles. The number of aliphatic hydroxyl groups excluding tert-OH is 1. The van der Waals surface area contributed by atoms with E-state index in [2.05, 4.69) is 53.2 Å². The summed E-state index contributed by atoms with van der Waals surface area (Å²) in [7, 11) is 0. The summed E-state index contributed by atoms with van der Waals surface area (Å²) in [5, 5.41) is 11.1. The Labute approximate surface area is 168 Å². The van der Waals surface area contributed by atoms with E-state index in [4.69, 9.17) is 4.74 Å². The average molecular weight is 379 g/mol. The summed E-state index contributed by atoms with van der Waals surface area (Å²) in [6.07, 6.45) is 6.71. The third-order valence-corrected chi connectivity index (χ3v) is 5.12. The van der Waals surface area contributed by atoms with Gasteiger partial charge in [0.05, 0.1) is 19.3 Å². The molecule has 0 saturated carbocycles. The van der Waals surface area contributed by atoms with Gasteiger partial charge >= 0.3 is 0 Å². The molecule has 1 fully saturated rings. The first-order valence-corrected chi connectivity index (χ1v) is 10.2. The van der Waals surface area contributed by atoms with Crippen LogP contribution < -0.4 is 0 Å². The number of rotatable bonds is 3. The molecule has 4 nitrogen and oxygen atoms in total. The Bertz CT molecular complexity index is 834. The highest BCUT2D eigenvalue weighted by Crippen LogP contribution is 2.36. The number of aromatic nitrogens is 1. The molecule has 0 bridgehead atoms. The zero-order valence-corrected chi connectivity index (χ0v) is 17.1. The number of nitrogens with zero attached hydrogens (tertiary/aromatic N) is 2. The molecule has 0 amide bonds. The number of morpholine rings is 1. The van der Waals surface area contributed by atoms with E-state index in [1.54, 1.807) is 6.20 Å². The van der Waals surface area contributed by atoms with Crippen LogP contribution in [0.15, 0.2) is 60.3 Å². The van der Waals surface area contributed by atoms with Gasteiger partial charge in [-0.2, -0.15) is 0 Å². The van der Waals surface area contributed by atoms with E-state index in [0.29, 0.717) is 5.69 Å². The molecule has 1 aliphatic heterocycles. The largest absolute Gasteiger partial charge is 0.505 e. The van der Waals surface area contributed by atoms with Crippen LogP contribution in [0.5, 0.6) is 0 Å². The molecule has 148 valence electrons. The number of fused-ring (bicyclic) bond motifs is 1. The van der Waals surface area contributed by atoms with Crippen LogP contribution in [0.1, 0.15) is 42.3 Å². The molecule has 1 aromatic carbocycles. The number of aryl methyl sites for hydroxylation is 1. The second-order valence-electron chi connectivity index (χ2n) is 6.88. The van der Waals surface area contributed by atoms with Gasteiger partial charge in [0.25, 0.3) is 0 Å². The molecule has 1 unspecified atom stereocenters. The predicted octanol–water partition coefficient (Wildman–Crippen LogP) is 4.87. The standard InChI is InChI=1S/C22H24N2O2.C2H6/c1-16-7-9-18(10-8-16)21(24-12-14-26-15-13-24)19-6-2-4-17-5-3-11-23-20(17)22(19)25;1-2/h2-3,5-11,21,25H,4,12-15H2,1H3;1-2H3. The van der Waals surface area contributed by atoms with Crippen molar-refractivity contribution in [1.82, 2.24) is 9.88 Å². The van der Waals surface area contributed by atoms with Crippen LogP contribution in [0, 0.1) is 6.92 Å². The molecule has 2 heterocycles. The molecule has 1 atom stereocenters. The van der Waals surface area contributed by atoms with Gasteiger partial charge in [-0.25, -0.2) is 0 Å². The van der Waals surface area contributed by atoms with Gasteiger partial charge in [0, 0.05) is 24.9 Å². The van der Waals surface area contributed by atoms with Gasteiger partial charge in [0.15, 0.2) is 0 Å². The Morgan fingerprint density at radius 1 is 1.07 bits per heavy atom. The Kier molecular flexibility index (Phi) is 7.01. The van der Waals surface area contributed by atoms with Crippen LogP contribution >= 0.6 is 0 Å². The highest BCUT2D eigenvalue weighted by atomic mass is 16.5. The first kappa shape index (κ1) is 20.3. The topological polar surface area (TPSA) is 45.6 Å². The lowest BCUT2D eigenvalue weighted by Crippen LogP contribution is -2.39. The summed E-state index contributed by atoms with van der Waals surface area (Å²) in [4.78, 5) is 6.84. The zero-order chi connectivity index (χ0) is 19.9. The third-order valence-electron chi connectivity index (χ3n) is 5.12. The van der Waals surface area contributed by atoms with Crippen molar-refractivity contribution in [2.75, 3.05) is 26.3 Å². The van der Waals surface area contributed by atoms with Crippen LogP contribution in [-0.2, 0) is 11.2 Å². The van der Waals surface area contributed by atoms with E-state index in [-0.39, 0.29) is 11.8 Å². The Balaban J connectivity index is 0.00000109. The summed E-state index contributed by atoms with van der Waals surface area (Å²) in [6.45, 7) is 9.22. The van der Waals surface area contributed by atoms with Crippen molar-refractivity contribution < 1.29 is 9.84 Å². The lowest BCUT2D eigenvalue weighted by molar-refractivity contribution is 0.0236. The lowest BCUT2D eigenvalue weighted by atomic mass is 9.94. The number of aliphatic hydroxyl groups is 1. The second kappa shape index (κ2) is 9.67. The minimum absolute atomic E-state index is 0.0105. The van der Waals surface area contributed by atoms with Crippen molar-refractivity contribution in [3.63, 3.8) is 0 Å². The van der Waals surface area contributed by atoms with Crippen molar-refractivity contribution in [3.05, 3.63) is 82.7 Å². The summed E-state index contributed by atoms with van der Waals surface area (Å²) < 4.78 is 5.55. The van der Waals surface area contributed by atoms with Gasteiger partial charge < -0.3 is 9.84 Å². The van der Waals surface area contributed by atoms with Crippen LogP contribution in [0.2, 0.25) is 0 Å². The maximum Gasteiger partial charge on any atom is 0.146 e. The van der Waals surface area contributed by atoms with Crippen LogP contribution in [-0.4, -0.2) is 41.3 Å². The smallest absolute Gasteiger partial charge is 0.146 e. The van der Waals surface area contributed by atoms with E-state index >= 15 is 0 Å². The van der Waals surface area contributed by atoms with E-state index < -0.39 is 0 Å². The number of allylic oxidation sites excluding steroid dienone is 1. The van der Waals surface area contributed by atoms with Crippen molar-refractivity contribution in [2.24, 2.45) is 0 Å². The summed E-state index contributed by atoms with van der Waals surface area (Å²) >= 11 is 0. The lowest BCUT2D eigenvalue weighted by Gasteiger charge is -2.36. The predicted molar refractivity (Wildman–Crippen MR) is 114 cm³/mol. The molecule has 4 rings (SSSR count). The van der Waals surface area contributed by atoms with Gasteiger partial charge in [0.2, 0.25) is 0 Å². The second-order valence-corrected chi connectivity index (χ2v) is 6.88. The molecule has 28 heavy (non-hydrogen) atoms. The summed E-state index contributed by atoms with van der Waals surface area (Å²) in [6, 6.07) is 12.5. The quantitative estimate of drug-likeness (QED) is 0.827. The third kappa shape index (κ3) is 4.34. The van der Waals surface area contributed by atoms with Gasteiger partial charge in [0.1, 0.15) is 11.5 Å². The minimum Gasteiger partial charge on any atom is -0.505 e. The normalized spacial score (nSPS) is 18.0. The molecule has 1 N–H and O–H groups in total. The molecule has 1 aliphatic carbocycles. The first-order chi connectivity index (χ1) is 13.7. The Morgan fingerprint density at radius 3 is 2.50 bits per heavy atom. The molecular formula is C24H30N2O2. The maximum absolute atomic E-state index is 11.1. The van der Waals surface area contributed by atoms with Crippen molar-refractivity contribution in [3.8, 4) is 0 Å². The van der Waals surface area contributed by atoms with E-state index in [1.165, 1.54) is 11.1 Å². The number of hydrogen-bond acceptors (Lipinski definition) is 4. The highest BCUT2D eigenvalue weighted by molar-refractivity contribution is 5.67. The highest BCUT2D eigenvalue weighted by Gasteiger charge is 2.29. The van der Waals surface area contributed by atoms with Crippen LogP contribution in [0.4, 0.5) is 0 Å². The molecule has 0 spiro atoms. The average Bonchev–Trinajstić information content (AvgIpc) is 2.91. The fraction of sp³-hybridized carbons (Fsp3) is 0.375. The van der Waals surface area contributed by atoms with Crippen molar-refractivity contribution in [1.29, 1.82) is 0 Å². The van der Waals surface area contributed by atoms with Crippen LogP contribution in [0.3, 0.4) is 0 Å². The monoisotopic (exact) mass is 378 g/mol. The summed E-state index contributed by atoms with van der Waals surface area (Å²) in [5.41, 5.74) is 5.08. The van der Waals surface area contributed by atoms with Crippen molar-refractivity contribution >= 4 is 5.76 Å². The number of benzene rings is 1. The summed E-state index contributed by atoms with van der Waals surface area (Å²) in [5.74, 6) is 0.284. The SMILES string of the molecule is CC.Cc1ccc(C(C2=C(O)c3ncccc3CC=C2)N2CCOCC2)cc1. The molecule has 4 heteroatoms. The molecule has 2 aromatic rings. The molecular weight excluding hydrogens is 348 g/mol. The van der Waals surface area contributed by atoms with Crippen LogP contribution in [0.25, 0.3) is 5.76 Å². The van der Waals surface area contributed by atoms with E-state index in [1.807, 2.05) is 26.0 Å². The Morgan fingerprint density at radius 2 is 1.79 bits per heavy atom. The van der Waals surface area contributed by atoms with Gasteiger partial charge in [-0.1, -0.05) is 61.9 Å². The van der Waals surface area contributed by atoms with Gasteiger partial charge in [-0.3, -0.25) is 9.88 Å². The van der Waals surface area contributed by atoms with E-state index in [9.17, 15) is 5.11 Å². The van der Waals surface area contributed by atoms with Gasteiger partial charge in [-0.15, -0.1) is 0 Å². The zero-order valence-electron chi connectivity index (χ0n) is 17.1. The number of pyridine rings is 1. The molecule has 2 aliphatic rings. The van der Waals surface area contributed by atoms with E-state index in [0.717, 1.165) is 43.9 Å². The molecule has 0 radical (unpaired) electrons.